The second-order valence-electron chi connectivity index (χ2n) is 1.59. The maximum absolute atomic E-state index is 10.0. The van der Waals surface area contributed by atoms with Gasteiger partial charge in [-0.3, -0.25) is 10.1 Å². The standard InChI is InChI=1S/C6H5NO2.O/c8-7(9)6-4-2-1-3-5-6;/h1-5H;. The molecule has 10 heavy (non-hydrogen) atoms. The van der Waals surface area contributed by atoms with Gasteiger partial charge in [-0.2, -0.15) is 0 Å². The van der Waals surface area contributed by atoms with Crippen LogP contribution in [0, 0.1) is 10.1 Å². The van der Waals surface area contributed by atoms with Crippen molar-refractivity contribution in [2.75, 3.05) is 0 Å². The van der Waals surface area contributed by atoms with Gasteiger partial charge in [0.2, 0.25) is 0 Å². The molecule has 0 bridgehead atoms. The molecule has 4 nitrogen and oxygen atoms in total. The Morgan fingerprint density at radius 2 is 1.70 bits per heavy atom. The number of hydrogen-bond donors (Lipinski definition) is 0. The molecule has 4 heteroatoms. The Morgan fingerprint density at radius 1 is 1.20 bits per heavy atom. The topological polar surface area (TPSA) is 71.6 Å². The average molecular weight is 139 g/mol. The third-order valence-corrected chi connectivity index (χ3v) is 0.967. The lowest BCUT2D eigenvalue weighted by molar-refractivity contribution is -0.384. The van der Waals surface area contributed by atoms with Crippen LogP contribution in [-0.4, -0.2) is 4.92 Å². The zero-order valence-electron chi connectivity index (χ0n) is 5.06. The van der Waals surface area contributed by atoms with E-state index >= 15 is 0 Å². The Kier molecular flexibility index (Phi) is 3.07. The largest absolute Gasteiger partial charge is 0.269 e. The van der Waals surface area contributed by atoms with Crippen LogP contribution in [0.1, 0.15) is 0 Å². The molecule has 0 aliphatic carbocycles. The van der Waals surface area contributed by atoms with E-state index < -0.39 is 4.92 Å². The highest BCUT2D eigenvalue weighted by Crippen LogP contribution is 2.06. The SMILES string of the molecule is O=[N+]([O-])c1ccccc1.[O]. The van der Waals surface area contributed by atoms with Crippen molar-refractivity contribution in [1.29, 1.82) is 0 Å². The lowest BCUT2D eigenvalue weighted by Crippen LogP contribution is -1.84. The van der Waals surface area contributed by atoms with Crippen molar-refractivity contribution < 1.29 is 10.4 Å². The van der Waals surface area contributed by atoms with Crippen LogP contribution in [0.3, 0.4) is 0 Å². The minimum atomic E-state index is -0.417. The number of nitrogens with zero attached hydrogens (tertiary/aromatic N) is 1. The lowest BCUT2D eigenvalue weighted by atomic mass is 10.3. The molecule has 0 aliphatic rings. The van der Waals surface area contributed by atoms with E-state index in [9.17, 15) is 10.1 Å². The van der Waals surface area contributed by atoms with E-state index in [1.54, 1.807) is 18.2 Å². The first-order valence-corrected chi connectivity index (χ1v) is 2.50. The summed E-state index contributed by atoms with van der Waals surface area (Å²) < 4.78 is 0. The summed E-state index contributed by atoms with van der Waals surface area (Å²) in [5.41, 5.74) is 0.137. The van der Waals surface area contributed by atoms with Crippen LogP contribution in [0.2, 0.25) is 0 Å². The Balaban J connectivity index is 0.000000810. The molecule has 0 atom stereocenters. The third-order valence-electron chi connectivity index (χ3n) is 0.967. The average Bonchev–Trinajstić information content (AvgIpc) is 1.90. The fourth-order valence-electron chi connectivity index (χ4n) is 0.550. The van der Waals surface area contributed by atoms with Crippen molar-refractivity contribution in [2.24, 2.45) is 0 Å². The van der Waals surface area contributed by atoms with Crippen molar-refractivity contribution in [3.05, 3.63) is 40.4 Å². The lowest BCUT2D eigenvalue weighted by Gasteiger charge is -1.85. The Bertz CT molecular complexity index is 209. The van der Waals surface area contributed by atoms with E-state index in [1.807, 2.05) is 0 Å². The number of non-ortho nitro benzene ring substituents is 1. The summed E-state index contributed by atoms with van der Waals surface area (Å²) in [5, 5.41) is 10.0. The van der Waals surface area contributed by atoms with Crippen LogP contribution >= 0.6 is 0 Å². The molecule has 52 valence electrons. The minimum Gasteiger partial charge on any atom is -0.258 e. The highest BCUT2D eigenvalue weighted by molar-refractivity contribution is 5.27. The zero-order chi connectivity index (χ0) is 6.69. The van der Waals surface area contributed by atoms with Crippen LogP contribution in [0.25, 0.3) is 0 Å². The summed E-state index contributed by atoms with van der Waals surface area (Å²) in [6, 6.07) is 7.93. The first-order valence-electron chi connectivity index (χ1n) is 2.50. The first kappa shape index (κ1) is 8.58. The molecule has 1 rings (SSSR count). The number of hydrogen-bond acceptors (Lipinski definition) is 2. The second kappa shape index (κ2) is 3.58. The molecule has 0 amide bonds. The van der Waals surface area contributed by atoms with Gasteiger partial charge in [-0.15, -0.1) is 0 Å². The molecule has 0 fully saturated rings. The number of benzene rings is 1. The maximum atomic E-state index is 10.0. The predicted molar refractivity (Wildman–Crippen MR) is 33.8 cm³/mol. The van der Waals surface area contributed by atoms with Gasteiger partial charge >= 0.3 is 0 Å². The van der Waals surface area contributed by atoms with Gasteiger partial charge in [-0.25, -0.2) is 0 Å². The van der Waals surface area contributed by atoms with Gasteiger partial charge in [-0.05, 0) is 0 Å². The summed E-state index contributed by atoms with van der Waals surface area (Å²) >= 11 is 0. The van der Waals surface area contributed by atoms with Crippen molar-refractivity contribution in [2.45, 2.75) is 0 Å². The van der Waals surface area contributed by atoms with Crippen LogP contribution in [-0.2, 0) is 5.48 Å². The molecular formula is C6H5NO3. The van der Waals surface area contributed by atoms with Gasteiger partial charge in [0.05, 0.1) is 4.92 Å². The summed E-state index contributed by atoms with van der Waals surface area (Å²) in [6.45, 7) is 0. The number of nitro groups is 1. The second-order valence-corrected chi connectivity index (χ2v) is 1.59. The summed E-state index contributed by atoms with van der Waals surface area (Å²) in [6.07, 6.45) is 0. The van der Waals surface area contributed by atoms with E-state index in [4.69, 9.17) is 0 Å². The Morgan fingerprint density at radius 3 is 2.00 bits per heavy atom. The number of rotatable bonds is 1. The Hall–Kier alpha value is -1.42. The third kappa shape index (κ3) is 1.83. The summed E-state index contributed by atoms with van der Waals surface area (Å²) in [5.74, 6) is 0. The molecule has 2 radical (unpaired) electrons. The van der Waals surface area contributed by atoms with Crippen LogP contribution in [0.4, 0.5) is 5.69 Å². The molecule has 0 N–H and O–H groups in total. The fourth-order valence-corrected chi connectivity index (χ4v) is 0.550. The molecule has 0 aliphatic heterocycles. The highest BCUT2D eigenvalue weighted by Gasteiger charge is 1.98. The van der Waals surface area contributed by atoms with Crippen molar-refractivity contribution in [3.8, 4) is 0 Å². The van der Waals surface area contributed by atoms with Gasteiger partial charge in [0.15, 0.2) is 0 Å². The molecule has 0 saturated carbocycles. The van der Waals surface area contributed by atoms with E-state index in [2.05, 4.69) is 0 Å². The molecule has 0 unspecified atom stereocenters. The number of para-hydroxylation sites is 1. The van der Waals surface area contributed by atoms with E-state index in [1.165, 1.54) is 12.1 Å². The number of nitro benzene ring substituents is 1. The Labute approximate surface area is 57.6 Å². The van der Waals surface area contributed by atoms with E-state index in [0.717, 1.165) is 0 Å². The predicted octanol–water partition coefficient (Wildman–Crippen LogP) is 1.48. The van der Waals surface area contributed by atoms with Gasteiger partial charge < -0.3 is 0 Å². The van der Waals surface area contributed by atoms with E-state index in [0.29, 0.717) is 0 Å². The van der Waals surface area contributed by atoms with Gasteiger partial charge in [-0.1, -0.05) is 18.2 Å². The molecule has 1 aromatic carbocycles. The van der Waals surface area contributed by atoms with E-state index in [-0.39, 0.29) is 11.2 Å². The monoisotopic (exact) mass is 139 g/mol. The van der Waals surface area contributed by atoms with Crippen LogP contribution < -0.4 is 0 Å². The normalized spacial score (nSPS) is 8.00. The summed E-state index contributed by atoms with van der Waals surface area (Å²) in [7, 11) is 0. The molecule has 0 saturated heterocycles. The minimum absolute atomic E-state index is 0. The fraction of sp³-hybridized carbons (Fsp3) is 0. The molecule has 0 aromatic heterocycles. The van der Waals surface area contributed by atoms with Crippen LogP contribution in [0.15, 0.2) is 30.3 Å². The van der Waals surface area contributed by atoms with Crippen molar-refractivity contribution in [1.82, 2.24) is 0 Å². The van der Waals surface area contributed by atoms with Crippen molar-refractivity contribution >= 4 is 5.69 Å². The molecular weight excluding hydrogens is 134 g/mol. The maximum Gasteiger partial charge on any atom is 0.269 e. The van der Waals surface area contributed by atoms with Gasteiger partial charge in [0, 0.05) is 17.6 Å². The summed E-state index contributed by atoms with van der Waals surface area (Å²) in [4.78, 5) is 9.59. The van der Waals surface area contributed by atoms with Crippen molar-refractivity contribution in [3.63, 3.8) is 0 Å². The quantitative estimate of drug-likeness (QED) is 0.436. The molecule has 0 spiro atoms. The molecule has 1 aromatic rings. The highest BCUT2D eigenvalue weighted by atomic mass is 16.6. The zero-order valence-corrected chi connectivity index (χ0v) is 5.06. The van der Waals surface area contributed by atoms with Crippen LogP contribution in [0.5, 0.6) is 0 Å². The van der Waals surface area contributed by atoms with Gasteiger partial charge in [0.25, 0.3) is 5.69 Å². The first-order chi connectivity index (χ1) is 4.30. The smallest absolute Gasteiger partial charge is 0.258 e. The molecule has 0 heterocycles. The van der Waals surface area contributed by atoms with Gasteiger partial charge in [0.1, 0.15) is 0 Å².